The zero-order valence-corrected chi connectivity index (χ0v) is 12.1. The lowest BCUT2D eigenvalue weighted by atomic mass is 9.47. The number of hydrogen-bond acceptors (Lipinski definition) is 3. The molecular formula is C15H22N2O3. The van der Waals surface area contributed by atoms with Gasteiger partial charge in [-0.25, -0.2) is 5.43 Å². The molecule has 5 nitrogen and oxygen atoms in total. The van der Waals surface area contributed by atoms with Crippen molar-refractivity contribution in [3.63, 3.8) is 0 Å². The van der Waals surface area contributed by atoms with Crippen molar-refractivity contribution in [3.05, 3.63) is 0 Å². The zero-order valence-electron chi connectivity index (χ0n) is 12.1. The monoisotopic (exact) mass is 278 g/mol. The van der Waals surface area contributed by atoms with Gasteiger partial charge in [-0.3, -0.25) is 14.6 Å². The van der Waals surface area contributed by atoms with Gasteiger partial charge in [0.1, 0.15) is 5.54 Å². The van der Waals surface area contributed by atoms with Gasteiger partial charge in [-0.15, -0.1) is 0 Å². The average molecular weight is 278 g/mol. The SMILES string of the molecule is CC1(C)NN(C2C3CC4CC2CC(C(=O)O)(C4)C3)C1=O. The number of carboxylic acid groups (broad SMARTS) is 1. The van der Waals surface area contributed by atoms with Crippen molar-refractivity contribution in [1.29, 1.82) is 0 Å². The van der Waals surface area contributed by atoms with E-state index in [4.69, 9.17) is 0 Å². The van der Waals surface area contributed by atoms with Gasteiger partial charge in [-0.2, -0.15) is 0 Å². The van der Waals surface area contributed by atoms with E-state index in [2.05, 4.69) is 5.43 Å². The standard InChI is InChI=1S/C15H22N2O3/c1-14(2)12(18)17(16-14)11-9-3-8-4-10(11)7-15(5-8,6-9)13(19)20/h8-11,16H,3-7H2,1-2H3,(H,19,20). The Bertz CT molecular complexity index is 485. The molecule has 110 valence electrons. The highest BCUT2D eigenvalue weighted by molar-refractivity contribution is 5.90. The summed E-state index contributed by atoms with van der Waals surface area (Å²) < 4.78 is 0. The van der Waals surface area contributed by atoms with Crippen LogP contribution in [0.3, 0.4) is 0 Å². The second-order valence-electron chi connectivity index (χ2n) is 7.96. The van der Waals surface area contributed by atoms with E-state index < -0.39 is 16.9 Å². The van der Waals surface area contributed by atoms with Gasteiger partial charge < -0.3 is 5.11 Å². The molecule has 2 N–H and O–H groups in total. The summed E-state index contributed by atoms with van der Waals surface area (Å²) in [6, 6.07) is 0.222. The Morgan fingerprint density at radius 1 is 1.25 bits per heavy atom. The van der Waals surface area contributed by atoms with E-state index in [9.17, 15) is 14.7 Å². The Hall–Kier alpha value is -1.10. The average Bonchev–Trinajstić information content (AvgIpc) is 2.35. The highest BCUT2D eigenvalue weighted by Crippen LogP contribution is 2.61. The summed E-state index contributed by atoms with van der Waals surface area (Å²) >= 11 is 0. The largest absolute Gasteiger partial charge is 0.481 e. The number of rotatable bonds is 2. The summed E-state index contributed by atoms with van der Waals surface area (Å²) in [7, 11) is 0. The van der Waals surface area contributed by atoms with Crippen molar-refractivity contribution in [2.75, 3.05) is 0 Å². The Labute approximate surface area is 118 Å². The Kier molecular flexibility index (Phi) is 2.25. The van der Waals surface area contributed by atoms with E-state index in [-0.39, 0.29) is 11.9 Å². The molecule has 1 amide bonds. The minimum Gasteiger partial charge on any atom is -0.481 e. The summed E-state index contributed by atoms with van der Waals surface area (Å²) in [5.74, 6) is 0.844. The molecule has 5 aliphatic rings. The van der Waals surface area contributed by atoms with Crippen LogP contribution in [0.5, 0.6) is 0 Å². The van der Waals surface area contributed by atoms with Crippen LogP contribution < -0.4 is 5.43 Å². The van der Waals surface area contributed by atoms with Gasteiger partial charge in [0, 0.05) is 0 Å². The quantitative estimate of drug-likeness (QED) is 0.801. The molecule has 5 rings (SSSR count). The van der Waals surface area contributed by atoms with Gasteiger partial charge in [0.25, 0.3) is 5.91 Å². The van der Waals surface area contributed by atoms with Crippen LogP contribution in [0.1, 0.15) is 46.0 Å². The normalized spacial score (nSPS) is 48.3. The molecule has 2 atom stereocenters. The van der Waals surface area contributed by atoms with Crippen molar-refractivity contribution in [2.45, 2.75) is 57.5 Å². The van der Waals surface area contributed by atoms with Gasteiger partial charge in [-0.05, 0) is 63.7 Å². The number of hydrazine groups is 1. The maximum absolute atomic E-state index is 12.3. The lowest BCUT2D eigenvalue weighted by molar-refractivity contribution is -0.197. The number of aliphatic carboxylic acids is 1. The number of amides is 1. The van der Waals surface area contributed by atoms with Gasteiger partial charge in [-0.1, -0.05) is 0 Å². The molecule has 1 heterocycles. The molecule has 5 heteroatoms. The molecule has 4 bridgehead atoms. The van der Waals surface area contributed by atoms with Gasteiger partial charge in [0.15, 0.2) is 0 Å². The molecule has 4 aliphatic carbocycles. The fraction of sp³-hybridized carbons (Fsp3) is 0.867. The highest BCUT2D eigenvalue weighted by Gasteiger charge is 2.62. The molecule has 0 radical (unpaired) electrons. The van der Waals surface area contributed by atoms with Crippen LogP contribution in [0.15, 0.2) is 0 Å². The smallest absolute Gasteiger partial charge is 0.309 e. The van der Waals surface area contributed by atoms with Gasteiger partial charge in [0.05, 0.1) is 11.5 Å². The van der Waals surface area contributed by atoms with Crippen molar-refractivity contribution >= 4 is 11.9 Å². The summed E-state index contributed by atoms with van der Waals surface area (Å²) in [4.78, 5) is 24.0. The zero-order chi connectivity index (χ0) is 14.3. The van der Waals surface area contributed by atoms with E-state index in [1.165, 1.54) is 0 Å². The molecule has 1 aliphatic heterocycles. The summed E-state index contributed by atoms with van der Waals surface area (Å²) in [6.07, 6.45) is 4.57. The minimum atomic E-state index is -0.612. The number of nitrogens with one attached hydrogen (secondary N) is 1. The number of hydrogen-bond donors (Lipinski definition) is 2. The molecule has 5 fully saturated rings. The first-order valence-electron chi connectivity index (χ1n) is 7.67. The minimum absolute atomic E-state index is 0.166. The van der Waals surface area contributed by atoms with Crippen LogP contribution in [0.25, 0.3) is 0 Å². The first kappa shape index (κ1) is 12.6. The van der Waals surface area contributed by atoms with Crippen LogP contribution >= 0.6 is 0 Å². The molecule has 0 aromatic rings. The lowest BCUT2D eigenvalue weighted by Crippen LogP contribution is -2.79. The Morgan fingerprint density at radius 3 is 2.30 bits per heavy atom. The highest BCUT2D eigenvalue weighted by atomic mass is 16.4. The molecule has 0 aromatic carbocycles. The lowest BCUT2D eigenvalue weighted by Gasteiger charge is -2.63. The third-order valence-electron chi connectivity index (χ3n) is 6.13. The third-order valence-corrected chi connectivity index (χ3v) is 6.13. The maximum atomic E-state index is 12.3. The number of nitrogens with zero attached hydrogens (tertiary/aromatic N) is 1. The molecule has 20 heavy (non-hydrogen) atoms. The topological polar surface area (TPSA) is 69.6 Å². The van der Waals surface area contributed by atoms with Crippen molar-refractivity contribution in [2.24, 2.45) is 23.2 Å². The first-order valence-corrected chi connectivity index (χ1v) is 7.67. The van der Waals surface area contributed by atoms with Crippen molar-refractivity contribution < 1.29 is 14.7 Å². The number of carbonyl (C=O) groups excluding carboxylic acids is 1. The van der Waals surface area contributed by atoms with Crippen molar-refractivity contribution in [3.8, 4) is 0 Å². The Balaban J connectivity index is 1.61. The van der Waals surface area contributed by atoms with Crippen molar-refractivity contribution in [1.82, 2.24) is 10.4 Å². The molecule has 4 saturated carbocycles. The third kappa shape index (κ3) is 1.42. The number of carbonyl (C=O) groups is 2. The van der Waals surface area contributed by atoms with Gasteiger partial charge >= 0.3 is 5.97 Å². The van der Waals surface area contributed by atoms with Crippen LogP contribution in [0.4, 0.5) is 0 Å². The Morgan fingerprint density at radius 2 is 1.85 bits per heavy atom. The summed E-state index contributed by atoms with van der Waals surface area (Å²) in [5, 5.41) is 11.4. The van der Waals surface area contributed by atoms with E-state index >= 15 is 0 Å². The maximum Gasteiger partial charge on any atom is 0.309 e. The van der Waals surface area contributed by atoms with E-state index in [0.29, 0.717) is 17.8 Å². The van der Waals surface area contributed by atoms with E-state index in [1.807, 2.05) is 18.9 Å². The molecule has 1 saturated heterocycles. The fourth-order valence-electron chi connectivity index (χ4n) is 5.54. The van der Waals surface area contributed by atoms with Gasteiger partial charge in [0.2, 0.25) is 0 Å². The van der Waals surface area contributed by atoms with Crippen LogP contribution in [-0.4, -0.2) is 33.6 Å². The van der Waals surface area contributed by atoms with E-state index in [1.54, 1.807) is 0 Å². The van der Waals surface area contributed by atoms with E-state index in [0.717, 1.165) is 32.1 Å². The van der Waals surface area contributed by atoms with Crippen LogP contribution in [-0.2, 0) is 9.59 Å². The predicted octanol–water partition coefficient (Wildman–Crippen LogP) is 1.39. The molecular weight excluding hydrogens is 256 g/mol. The molecule has 2 unspecified atom stereocenters. The first-order chi connectivity index (χ1) is 9.32. The molecule has 0 aromatic heterocycles. The van der Waals surface area contributed by atoms with Crippen LogP contribution in [0, 0.1) is 23.2 Å². The molecule has 0 spiro atoms. The number of carboxylic acids is 1. The fourth-order valence-corrected chi connectivity index (χ4v) is 5.54. The van der Waals surface area contributed by atoms with Crippen LogP contribution in [0.2, 0.25) is 0 Å². The second-order valence-corrected chi connectivity index (χ2v) is 7.96. The summed E-state index contributed by atoms with van der Waals surface area (Å²) in [6.45, 7) is 3.81. The second kappa shape index (κ2) is 3.56. The summed E-state index contributed by atoms with van der Waals surface area (Å²) in [5.41, 5.74) is 2.34. The predicted molar refractivity (Wildman–Crippen MR) is 71.5 cm³/mol.